The van der Waals surface area contributed by atoms with Gasteiger partial charge in [0.2, 0.25) is 0 Å². The number of aromatic nitrogens is 1. The molecule has 0 spiro atoms. The zero-order chi connectivity index (χ0) is 10.1. The lowest BCUT2D eigenvalue weighted by Gasteiger charge is -1.97. The summed E-state index contributed by atoms with van der Waals surface area (Å²) < 4.78 is 5.38. The van der Waals surface area contributed by atoms with E-state index in [4.69, 9.17) is 14.5 Å². The molecule has 2 N–H and O–H groups in total. The number of hydrogen-bond acceptors (Lipinski definition) is 4. The highest BCUT2D eigenvalue weighted by Gasteiger charge is 2.18. The van der Waals surface area contributed by atoms with E-state index in [-0.39, 0.29) is 0 Å². The normalized spacial score (nSPS) is 10.8. The topological polar surface area (TPSA) is 66.5 Å². The van der Waals surface area contributed by atoms with Crippen LogP contribution in [0.1, 0.15) is 12.8 Å². The molecule has 72 valence electrons. The fraction of sp³-hybridized carbons (Fsp3) is 0.222. The molecule has 0 saturated heterocycles. The van der Waals surface area contributed by atoms with Crippen molar-refractivity contribution < 1.29 is 14.5 Å². The van der Waals surface area contributed by atoms with Crippen molar-refractivity contribution in [3.05, 3.63) is 24.1 Å². The molecule has 14 heavy (non-hydrogen) atoms. The molecule has 5 heteroatoms. The maximum atomic E-state index is 9.07. The molecule has 0 atom stereocenters. The Kier molecular flexibility index (Phi) is 2.27. The molecule has 2 aromatic rings. The smallest absolute Gasteiger partial charge is 0.441 e. The molecule has 0 bridgehead atoms. The van der Waals surface area contributed by atoms with Crippen molar-refractivity contribution in [1.29, 1.82) is 0 Å². The Balaban J connectivity index is 2.66. The fourth-order valence-electron chi connectivity index (χ4n) is 1.37. The first-order valence-corrected chi connectivity index (χ1v) is 4.47. The predicted octanol–water partition coefficient (Wildman–Crippen LogP) is 0.0700. The van der Waals surface area contributed by atoms with Crippen LogP contribution in [0.5, 0.6) is 0 Å². The molecule has 1 heterocycles. The van der Waals surface area contributed by atoms with E-state index in [1.54, 1.807) is 18.2 Å². The molecule has 0 unspecified atom stereocenters. The lowest BCUT2D eigenvalue weighted by atomic mass is 9.80. The number of oxazole rings is 1. The van der Waals surface area contributed by atoms with Crippen molar-refractivity contribution in [1.82, 2.24) is 4.98 Å². The van der Waals surface area contributed by atoms with Gasteiger partial charge in [-0.15, -0.1) is 0 Å². The second-order valence-electron chi connectivity index (χ2n) is 3.03. The number of para-hydroxylation sites is 1. The summed E-state index contributed by atoms with van der Waals surface area (Å²) in [4.78, 5) is 4.19. The molecule has 0 aliphatic carbocycles. The average molecular weight is 191 g/mol. The van der Waals surface area contributed by atoms with Gasteiger partial charge in [-0.2, -0.15) is 0 Å². The van der Waals surface area contributed by atoms with Crippen molar-refractivity contribution >= 4 is 23.7 Å². The first kappa shape index (κ1) is 9.24. The molecule has 0 radical (unpaired) electrons. The van der Waals surface area contributed by atoms with E-state index in [1.165, 1.54) is 0 Å². The van der Waals surface area contributed by atoms with Crippen LogP contribution >= 0.6 is 0 Å². The summed E-state index contributed by atoms with van der Waals surface area (Å²) in [7, 11) is -1.52. The summed E-state index contributed by atoms with van der Waals surface area (Å²) in [5, 5.41) is 18.1. The van der Waals surface area contributed by atoms with Gasteiger partial charge in [0, 0.05) is 11.9 Å². The van der Waals surface area contributed by atoms with Gasteiger partial charge in [-0.05, 0) is 6.07 Å². The third-order valence-electron chi connectivity index (χ3n) is 2.07. The Hall–Kier alpha value is -1.33. The molecular formula is C9H10BNO3. The van der Waals surface area contributed by atoms with Gasteiger partial charge in [-0.1, -0.05) is 19.1 Å². The molecule has 1 aromatic heterocycles. The lowest BCUT2D eigenvalue weighted by molar-refractivity contribution is 0.425. The molecule has 0 aliphatic rings. The highest BCUT2D eigenvalue weighted by Crippen LogP contribution is 2.13. The van der Waals surface area contributed by atoms with Crippen LogP contribution in [0.3, 0.4) is 0 Å². The van der Waals surface area contributed by atoms with Crippen molar-refractivity contribution in [3.8, 4) is 0 Å². The van der Waals surface area contributed by atoms with Crippen LogP contribution < -0.4 is 5.46 Å². The van der Waals surface area contributed by atoms with E-state index in [9.17, 15) is 0 Å². The summed E-state index contributed by atoms with van der Waals surface area (Å²) >= 11 is 0. The van der Waals surface area contributed by atoms with Crippen LogP contribution in [-0.4, -0.2) is 22.2 Å². The van der Waals surface area contributed by atoms with Gasteiger partial charge in [0.15, 0.2) is 11.5 Å². The molecular weight excluding hydrogens is 181 g/mol. The highest BCUT2D eigenvalue weighted by atomic mass is 16.4. The first-order chi connectivity index (χ1) is 6.72. The minimum atomic E-state index is -1.52. The van der Waals surface area contributed by atoms with Crippen molar-refractivity contribution in [2.45, 2.75) is 13.3 Å². The maximum Gasteiger partial charge on any atom is 0.492 e. The SMILES string of the molecule is CCc1nc2cccc(B(O)O)c2o1. The second-order valence-corrected chi connectivity index (χ2v) is 3.03. The van der Waals surface area contributed by atoms with Crippen LogP contribution in [0.2, 0.25) is 0 Å². The minimum absolute atomic E-state index is 0.356. The van der Waals surface area contributed by atoms with E-state index >= 15 is 0 Å². The summed E-state index contributed by atoms with van der Waals surface area (Å²) in [6.07, 6.45) is 0.690. The van der Waals surface area contributed by atoms with Crippen LogP contribution in [-0.2, 0) is 6.42 Å². The van der Waals surface area contributed by atoms with Crippen molar-refractivity contribution in [3.63, 3.8) is 0 Å². The molecule has 0 saturated carbocycles. The van der Waals surface area contributed by atoms with Gasteiger partial charge in [-0.3, -0.25) is 0 Å². The highest BCUT2D eigenvalue weighted by molar-refractivity contribution is 6.61. The van der Waals surface area contributed by atoms with Gasteiger partial charge in [0.25, 0.3) is 0 Å². The molecule has 2 rings (SSSR count). The molecule has 0 fully saturated rings. The van der Waals surface area contributed by atoms with Crippen molar-refractivity contribution in [2.24, 2.45) is 0 Å². The van der Waals surface area contributed by atoms with Crippen LogP contribution in [0.4, 0.5) is 0 Å². The summed E-state index contributed by atoms with van der Waals surface area (Å²) in [5.74, 6) is 0.605. The Morgan fingerprint density at radius 2 is 2.21 bits per heavy atom. The van der Waals surface area contributed by atoms with Gasteiger partial charge in [0.1, 0.15) is 5.52 Å². The Labute approximate surface area is 81.3 Å². The number of fused-ring (bicyclic) bond motifs is 1. The quantitative estimate of drug-likeness (QED) is 0.659. The maximum absolute atomic E-state index is 9.07. The van der Waals surface area contributed by atoms with Gasteiger partial charge in [-0.25, -0.2) is 4.98 Å². The van der Waals surface area contributed by atoms with Gasteiger partial charge >= 0.3 is 7.12 Å². The second kappa shape index (κ2) is 3.44. The van der Waals surface area contributed by atoms with Gasteiger partial charge < -0.3 is 14.5 Å². The van der Waals surface area contributed by atoms with E-state index in [2.05, 4.69) is 4.98 Å². The third-order valence-corrected chi connectivity index (χ3v) is 2.07. The van der Waals surface area contributed by atoms with Crippen molar-refractivity contribution in [2.75, 3.05) is 0 Å². The Morgan fingerprint density at radius 1 is 1.43 bits per heavy atom. The van der Waals surface area contributed by atoms with E-state index < -0.39 is 7.12 Å². The van der Waals surface area contributed by atoms with Gasteiger partial charge in [0.05, 0.1) is 0 Å². The number of rotatable bonds is 2. The van der Waals surface area contributed by atoms with E-state index in [1.807, 2.05) is 6.92 Å². The van der Waals surface area contributed by atoms with E-state index in [0.717, 1.165) is 0 Å². The monoisotopic (exact) mass is 191 g/mol. The van der Waals surface area contributed by atoms with Crippen LogP contribution in [0.25, 0.3) is 11.1 Å². The average Bonchev–Trinajstić information content (AvgIpc) is 2.59. The predicted molar refractivity (Wildman–Crippen MR) is 53.2 cm³/mol. The molecule has 4 nitrogen and oxygen atoms in total. The Bertz CT molecular complexity index is 452. The fourth-order valence-corrected chi connectivity index (χ4v) is 1.37. The van der Waals surface area contributed by atoms with E-state index in [0.29, 0.717) is 28.9 Å². The molecule has 0 amide bonds. The number of nitrogens with zero attached hydrogens (tertiary/aromatic N) is 1. The number of aryl methyl sites for hydroxylation is 1. The summed E-state index contributed by atoms with van der Waals surface area (Å²) in [6, 6.07) is 5.11. The molecule has 0 aliphatic heterocycles. The van der Waals surface area contributed by atoms with Crippen LogP contribution in [0, 0.1) is 0 Å². The zero-order valence-electron chi connectivity index (χ0n) is 7.77. The summed E-state index contributed by atoms with van der Waals surface area (Å²) in [5.41, 5.74) is 1.47. The number of hydrogen-bond donors (Lipinski definition) is 2. The zero-order valence-corrected chi connectivity index (χ0v) is 7.77. The third kappa shape index (κ3) is 1.40. The Morgan fingerprint density at radius 3 is 2.86 bits per heavy atom. The van der Waals surface area contributed by atoms with Crippen LogP contribution in [0.15, 0.2) is 22.6 Å². The standard InChI is InChI=1S/C9H10BNO3/c1-2-8-11-7-5-3-4-6(10(12)13)9(7)14-8/h3-5,12-13H,2H2,1H3. The minimum Gasteiger partial charge on any atom is -0.441 e. The molecule has 1 aromatic carbocycles. The summed E-state index contributed by atoms with van der Waals surface area (Å²) in [6.45, 7) is 1.93. The largest absolute Gasteiger partial charge is 0.492 e. The first-order valence-electron chi connectivity index (χ1n) is 4.47. The number of benzene rings is 1. The lowest BCUT2D eigenvalue weighted by Crippen LogP contribution is -2.30.